The molecule has 0 fully saturated rings. The van der Waals surface area contributed by atoms with Crippen molar-refractivity contribution in [3.05, 3.63) is 93.5 Å². The van der Waals surface area contributed by atoms with Crippen molar-refractivity contribution in [2.45, 2.75) is 0 Å². The fourth-order valence-electron chi connectivity index (χ4n) is 3.41. The maximum atomic E-state index is 12.7. The fraction of sp³-hybridized carbons (Fsp3) is 0. The highest BCUT2D eigenvalue weighted by atomic mass is 32.1. The van der Waals surface area contributed by atoms with Gasteiger partial charge < -0.3 is 5.32 Å². The number of nitrogens with zero attached hydrogens (tertiary/aromatic N) is 3. The molecule has 0 radical (unpaired) electrons. The van der Waals surface area contributed by atoms with Gasteiger partial charge in [-0.3, -0.25) is 24.5 Å². The normalized spacial score (nSPS) is 12.8. The third-order valence-electron chi connectivity index (χ3n) is 4.94. The van der Waals surface area contributed by atoms with Gasteiger partial charge in [0.05, 0.1) is 26.3 Å². The number of fused-ring (bicyclic) bond motifs is 2. The van der Waals surface area contributed by atoms with E-state index in [9.17, 15) is 24.5 Å². The Bertz CT molecular complexity index is 1430. The number of aromatic nitrogens is 1. The first kappa shape index (κ1) is 19.5. The maximum absolute atomic E-state index is 12.7. The van der Waals surface area contributed by atoms with Gasteiger partial charge in [0.25, 0.3) is 23.4 Å². The third-order valence-corrected chi connectivity index (χ3v) is 5.94. The first-order valence-corrected chi connectivity index (χ1v) is 10.2. The molecule has 156 valence electrons. The van der Waals surface area contributed by atoms with Gasteiger partial charge in [-0.25, -0.2) is 9.88 Å². The minimum absolute atomic E-state index is 0.133. The average molecular weight is 444 g/mol. The van der Waals surface area contributed by atoms with Crippen LogP contribution in [0.4, 0.5) is 16.5 Å². The predicted octanol–water partition coefficient (Wildman–Crippen LogP) is 4.26. The summed E-state index contributed by atoms with van der Waals surface area (Å²) in [4.78, 5) is 53.8. The topological polar surface area (TPSA) is 123 Å². The third kappa shape index (κ3) is 3.19. The number of anilines is 2. The van der Waals surface area contributed by atoms with E-state index < -0.39 is 22.6 Å². The van der Waals surface area contributed by atoms with E-state index in [1.807, 2.05) is 0 Å². The minimum Gasteiger partial charge on any atom is -0.322 e. The Morgan fingerprint density at radius 3 is 2.38 bits per heavy atom. The van der Waals surface area contributed by atoms with Crippen molar-refractivity contribution in [2.24, 2.45) is 0 Å². The van der Waals surface area contributed by atoms with E-state index >= 15 is 0 Å². The minimum atomic E-state index is -0.542. The average Bonchev–Trinajstić information content (AvgIpc) is 3.32. The zero-order valence-corrected chi connectivity index (χ0v) is 17.0. The predicted molar refractivity (Wildman–Crippen MR) is 118 cm³/mol. The van der Waals surface area contributed by atoms with Gasteiger partial charge >= 0.3 is 0 Å². The van der Waals surface area contributed by atoms with Crippen LogP contribution in [-0.2, 0) is 0 Å². The summed E-state index contributed by atoms with van der Waals surface area (Å²) in [5.41, 5.74) is 1.66. The largest absolute Gasteiger partial charge is 0.322 e. The number of rotatable bonds is 4. The lowest BCUT2D eigenvalue weighted by Gasteiger charge is -2.08. The van der Waals surface area contributed by atoms with Gasteiger partial charge in [-0.2, -0.15) is 0 Å². The van der Waals surface area contributed by atoms with Crippen LogP contribution < -0.4 is 10.2 Å². The second-order valence-corrected chi connectivity index (χ2v) is 7.94. The number of benzene rings is 3. The van der Waals surface area contributed by atoms with Crippen LogP contribution >= 0.6 is 11.3 Å². The summed E-state index contributed by atoms with van der Waals surface area (Å²) in [6.45, 7) is 0. The summed E-state index contributed by atoms with van der Waals surface area (Å²) in [7, 11) is 0. The van der Waals surface area contributed by atoms with Crippen LogP contribution in [0.1, 0.15) is 31.1 Å². The summed E-state index contributed by atoms with van der Waals surface area (Å²) >= 11 is 1.12. The molecule has 0 atom stereocenters. The number of nitro benzene ring substituents is 1. The van der Waals surface area contributed by atoms with Crippen molar-refractivity contribution >= 4 is 55.8 Å². The molecule has 9 nitrogen and oxygen atoms in total. The van der Waals surface area contributed by atoms with Crippen LogP contribution in [0.15, 0.2) is 66.7 Å². The Hall–Kier alpha value is -4.44. The zero-order valence-electron chi connectivity index (χ0n) is 16.1. The maximum Gasteiger partial charge on any atom is 0.271 e. The molecule has 3 amide bonds. The van der Waals surface area contributed by atoms with Crippen LogP contribution in [0.3, 0.4) is 0 Å². The van der Waals surface area contributed by atoms with Gasteiger partial charge in [0, 0.05) is 23.4 Å². The van der Waals surface area contributed by atoms with E-state index in [-0.39, 0.29) is 10.8 Å². The second-order valence-electron chi connectivity index (χ2n) is 6.93. The monoisotopic (exact) mass is 444 g/mol. The molecule has 10 heteroatoms. The van der Waals surface area contributed by atoms with E-state index in [0.29, 0.717) is 32.6 Å². The molecule has 1 aliphatic rings. The smallest absolute Gasteiger partial charge is 0.271 e. The zero-order chi connectivity index (χ0) is 22.4. The van der Waals surface area contributed by atoms with Crippen molar-refractivity contribution in [2.75, 3.05) is 10.2 Å². The highest BCUT2D eigenvalue weighted by Gasteiger charge is 2.38. The molecular weight excluding hydrogens is 432 g/mol. The number of non-ortho nitro benzene ring substituents is 1. The van der Waals surface area contributed by atoms with Crippen molar-refractivity contribution < 1.29 is 19.3 Å². The molecule has 2 heterocycles. The SMILES string of the molecule is O=C(Nc1cccc([N+](=O)[O-])c1)c1ccc2nc(N3C(=O)c4ccccc4C3=O)sc2c1. The number of carbonyl (C=O) groups excluding carboxylic acids is 3. The van der Waals surface area contributed by atoms with Crippen molar-refractivity contribution in [1.29, 1.82) is 0 Å². The number of nitrogens with one attached hydrogen (secondary N) is 1. The van der Waals surface area contributed by atoms with E-state index in [2.05, 4.69) is 10.3 Å². The van der Waals surface area contributed by atoms with E-state index in [1.54, 1.807) is 48.5 Å². The highest BCUT2D eigenvalue weighted by Crippen LogP contribution is 2.34. The van der Waals surface area contributed by atoms with Crippen LogP contribution in [-0.4, -0.2) is 27.6 Å². The second kappa shape index (κ2) is 7.36. The molecular formula is C22H12N4O5S. The number of amides is 3. The van der Waals surface area contributed by atoms with Crippen LogP contribution in [0.2, 0.25) is 0 Å². The van der Waals surface area contributed by atoms with Crippen LogP contribution in [0, 0.1) is 10.1 Å². The standard InChI is InChI=1S/C22H12N4O5S/c27-19(23-13-4-3-5-14(11-13)26(30)31)12-8-9-17-18(10-12)32-22(24-17)25-20(28)15-6-1-2-7-16(15)21(25)29/h1-11H,(H,23,27). The number of carbonyl (C=O) groups is 3. The highest BCUT2D eigenvalue weighted by molar-refractivity contribution is 7.22. The molecule has 1 aliphatic heterocycles. The summed E-state index contributed by atoms with van der Waals surface area (Å²) in [5.74, 6) is -1.33. The molecule has 0 aliphatic carbocycles. The molecule has 0 spiro atoms. The number of hydrogen-bond acceptors (Lipinski definition) is 7. The summed E-state index contributed by atoms with van der Waals surface area (Å²) in [6, 6.07) is 17.0. The van der Waals surface area contributed by atoms with Gasteiger partial charge in [-0.05, 0) is 36.4 Å². The molecule has 4 aromatic rings. The first-order valence-electron chi connectivity index (χ1n) is 9.36. The Morgan fingerprint density at radius 1 is 0.969 bits per heavy atom. The number of thiazole rings is 1. The Labute approximate surface area is 184 Å². The molecule has 0 unspecified atom stereocenters. The molecule has 3 aromatic carbocycles. The van der Waals surface area contributed by atoms with Gasteiger partial charge in [-0.1, -0.05) is 29.5 Å². The first-order chi connectivity index (χ1) is 15.4. The van der Waals surface area contributed by atoms with Crippen LogP contribution in [0.5, 0.6) is 0 Å². The van der Waals surface area contributed by atoms with Gasteiger partial charge in [-0.15, -0.1) is 0 Å². The Balaban J connectivity index is 1.43. The summed E-state index contributed by atoms with van der Waals surface area (Å²) in [5, 5.41) is 13.8. The van der Waals surface area contributed by atoms with E-state index in [1.165, 1.54) is 18.2 Å². The van der Waals surface area contributed by atoms with Crippen molar-refractivity contribution in [1.82, 2.24) is 4.98 Å². The fourth-order valence-corrected chi connectivity index (χ4v) is 4.41. The number of hydrogen-bond donors (Lipinski definition) is 1. The Morgan fingerprint density at radius 2 is 1.69 bits per heavy atom. The van der Waals surface area contributed by atoms with Gasteiger partial charge in [0.2, 0.25) is 5.13 Å². The quantitative estimate of drug-likeness (QED) is 0.285. The lowest BCUT2D eigenvalue weighted by molar-refractivity contribution is -0.384. The van der Waals surface area contributed by atoms with E-state index in [4.69, 9.17) is 0 Å². The summed E-state index contributed by atoms with van der Waals surface area (Å²) < 4.78 is 0.614. The molecule has 5 rings (SSSR count). The Kier molecular flexibility index (Phi) is 4.49. The summed E-state index contributed by atoms with van der Waals surface area (Å²) in [6.07, 6.45) is 0. The van der Waals surface area contributed by atoms with Crippen LogP contribution in [0.25, 0.3) is 10.2 Å². The molecule has 1 N–H and O–H groups in total. The van der Waals surface area contributed by atoms with Crippen molar-refractivity contribution in [3.8, 4) is 0 Å². The lowest BCUT2D eigenvalue weighted by Crippen LogP contribution is -2.29. The molecule has 32 heavy (non-hydrogen) atoms. The molecule has 0 saturated heterocycles. The molecule has 0 saturated carbocycles. The van der Waals surface area contributed by atoms with Crippen molar-refractivity contribution in [3.63, 3.8) is 0 Å². The van der Waals surface area contributed by atoms with E-state index in [0.717, 1.165) is 16.2 Å². The number of imide groups is 1. The molecule has 0 bridgehead atoms. The lowest BCUT2D eigenvalue weighted by atomic mass is 10.1. The molecule has 1 aromatic heterocycles. The van der Waals surface area contributed by atoms with Gasteiger partial charge in [0.15, 0.2) is 0 Å². The van der Waals surface area contributed by atoms with Gasteiger partial charge in [0.1, 0.15) is 0 Å². The number of nitro groups is 1.